The quantitative estimate of drug-likeness (QED) is 0.382. The predicted molar refractivity (Wildman–Crippen MR) is 112 cm³/mol. The number of carboxylic acid groups (broad SMARTS) is 2. The van der Waals surface area contributed by atoms with Crippen molar-refractivity contribution in [3.63, 3.8) is 0 Å². The lowest BCUT2D eigenvalue weighted by molar-refractivity contribution is 0.0681. The number of hydrogen-bond acceptors (Lipinski definition) is 5. The molecule has 3 rings (SSSR count). The number of carbonyl (C=O) groups is 3. The first-order chi connectivity index (χ1) is 15.6. The Bertz CT molecular complexity index is 1250. The minimum atomic E-state index is -1.45. The maximum absolute atomic E-state index is 13.6. The highest BCUT2D eigenvalue weighted by Crippen LogP contribution is 2.26. The monoisotopic (exact) mass is 456 g/mol. The highest BCUT2D eigenvalue weighted by Gasteiger charge is 2.22. The predicted octanol–water partition coefficient (Wildman–Crippen LogP) is 3.48. The van der Waals surface area contributed by atoms with E-state index in [4.69, 9.17) is 5.11 Å². The molecule has 0 aromatic heterocycles. The van der Waals surface area contributed by atoms with Gasteiger partial charge in [0.15, 0.2) is 17.4 Å². The Morgan fingerprint density at radius 3 is 1.97 bits per heavy atom. The summed E-state index contributed by atoms with van der Waals surface area (Å²) in [5.74, 6) is -5.62. The highest BCUT2D eigenvalue weighted by molar-refractivity contribution is 6.07. The molecule has 170 valence electrons. The summed E-state index contributed by atoms with van der Waals surface area (Å²) in [5.41, 5.74) is -0.110. The number of carboxylic acids is 2. The molecule has 0 aliphatic heterocycles. The molecule has 7 nitrogen and oxygen atoms in total. The summed E-state index contributed by atoms with van der Waals surface area (Å²) in [6, 6.07) is 10.6. The fraction of sp³-hybridized carbons (Fsp3) is 0.125. The fourth-order valence-corrected chi connectivity index (χ4v) is 3.37. The van der Waals surface area contributed by atoms with E-state index in [2.05, 4.69) is 0 Å². The molecular formula is C24H18F2O7. The number of rotatable bonds is 8. The molecular weight excluding hydrogens is 438 g/mol. The van der Waals surface area contributed by atoms with Gasteiger partial charge in [-0.25, -0.2) is 18.4 Å². The average molecular weight is 456 g/mol. The van der Waals surface area contributed by atoms with Crippen molar-refractivity contribution in [3.8, 4) is 11.1 Å². The van der Waals surface area contributed by atoms with Crippen LogP contribution in [0, 0.1) is 11.6 Å². The number of hydrogen-bond donors (Lipinski definition) is 4. The third-order valence-electron chi connectivity index (χ3n) is 5.07. The van der Waals surface area contributed by atoms with E-state index in [9.17, 15) is 38.5 Å². The fourth-order valence-electron chi connectivity index (χ4n) is 3.37. The van der Waals surface area contributed by atoms with Gasteiger partial charge in [0, 0.05) is 12.0 Å². The van der Waals surface area contributed by atoms with Crippen LogP contribution in [0.3, 0.4) is 0 Å². The van der Waals surface area contributed by atoms with Crippen LogP contribution in [0.4, 0.5) is 8.78 Å². The van der Waals surface area contributed by atoms with Crippen LogP contribution in [0.1, 0.15) is 48.3 Å². The van der Waals surface area contributed by atoms with Gasteiger partial charge in [-0.1, -0.05) is 24.3 Å². The van der Waals surface area contributed by atoms with Crippen molar-refractivity contribution in [2.75, 3.05) is 6.61 Å². The van der Waals surface area contributed by atoms with Crippen LogP contribution < -0.4 is 0 Å². The van der Waals surface area contributed by atoms with Gasteiger partial charge in [-0.15, -0.1) is 0 Å². The Hall–Kier alpha value is -3.95. The van der Waals surface area contributed by atoms with Gasteiger partial charge in [-0.2, -0.15) is 0 Å². The summed E-state index contributed by atoms with van der Waals surface area (Å²) in [7, 11) is 0. The minimum Gasteiger partial charge on any atom is -0.478 e. The number of carbonyl (C=O) groups excluding carboxylic acids is 1. The zero-order valence-corrected chi connectivity index (χ0v) is 17.0. The van der Waals surface area contributed by atoms with Gasteiger partial charge in [0.05, 0.1) is 17.7 Å². The zero-order chi connectivity index (χ0) is 24.3. The molecule has 0 aliphatic rings. The number of ketones is 1. The molecule has 3 aromatic carbocycles. The molecule has 1 unspecified atom stereocenters. The molecule has 9 heteroatoms. The van der Waals surface area contributed by atoms with E-state index >= 15 is 0 Å². The largest absolute Gasteiger partial charge is 0.478 e. The van der Waals surface area contributed by atoms with Crippen molar-refractivity contribution in [2.45, 2.75) is 12.5 Å². The van der Waals surface area contributed by atoms with Crippen LogP contribution in [0.25, 0.3) is 11.1 Å². The van der Waals surface area contributed by atoms with Crippen molar-refractivity contribution in [3.05, 3.63) is 94.0 Å². The summed E-state index contributed by atoms with van der Waals surface area (Å²) < 4.78 is 26.9. The molecule has 0 saturated heterocycles. The molecule has 0 amide bonds. The van der Waals surface area contributed by atoms with E-state index < -0.39 is 54.1 Å². The summed E-state index contributed by atoms with van der Waals surface area (Å²) in [4.78, 5) is 36.2. The summed E-state index contributed by atoms with van der Waals surface area (Å²) in [6.07, 6.45) is -1.82. The number of Topliss-reactive ketones (excluding diaryl/α,β-unsaturated/α-hetero) is 1. The molecule has 0 fully saturated rings. The molecule has 1 atom stereocenters. The molecule has 4 N–H and O–H groups in total. The van der Waals surface area contributed by atoms with Crippen LogP contribution in [0.2, 0.25) is 0 Å². The van der Waals surface area contributed by atoms with Gasteiger partial charge in [0.2, 0.25) is 0 Å². The van der Waals surface area contributed by atoms with Crippen LogP contribution >= 0.6 is 0 Å². The average Bonchev–Trinajstić information content (AvgIpc) is 2.79. The first-order valence-corrected chi connectivity index (χ1v) is 9.63. The van der Waals surface area contributed by atoms with Crippen LogP contribution in [0.5, 0.6) is 0 Å². The van der Waals surface area contributed by atoms with Gasteiger partial charge < -0.3 is 20.4 Å². The second kappa shape index (κ2) is 9.68. The van der Waals surface area contributed by atoms with Gasteiger partial charge >= 0.3 is 11.9 Å². The Balaban J connectivity index is 2.03. The molecule has 0 heterocycles. The molecule has 0 spiro atoms. The Morgan fingerprint density at radius 1 is 0.758 bits per heavy atom. The SMILES string of the molecule is O=C(O)c1ccc(-c2ccc(F)c(F)c2)cc1CC(=O)c1ccc(C(O)CO)cc1C(=O)O. The summed E-state index contributed by atoms with van der Waals surface area (Å²) in [5, 5.41) is 37.8. The third kappa shape index (κ3) is 5.11. The van der Waals surface area contributed by atoms with Crippen LogP contribution in [-0.4, -0.2) is 44.8 Å². The van der Waals surface area contributed by atoms with Gasteiger partial charge in [-0.3, -0.25) is 4.79 Å². The van der Waals surface area contributed by atoms with Crippen molar-refractivity contribution < 1.29 is 43.6 Å². The number of aliphatic hydroxyl groups is 2. The summed E-state index contributed by atoms with van der Waals surface area (Å²) in [6.45, 7) is -0.648. The van der Waals surface area contributed by atoms with Crippen molar-refractivity contribution >= 4 is 17.7 Å². The van der Waals surface area contributed by atoms with Gasteiger partial charge in [-0.05, 0) is 52.6 Å². The number of halogens is 2. The molecule has 0 radical (unpaired) electrons. The molecule has 33 heavy (non-hydrogen) atoms. The number of aliphatic hydroxyl groups excluding tert-OH is 2. The third-order valence-corrected chi connectivity index (χ3v) is 5.07. The topological polar surface area (TPSA) is 132 Å². The smallest absolute Gasteiger partial charge is 0.336 e. The molecule has 0 bridgehead atoms. The van der Waals surface area contributed by atoms with E-state index in [1.54, 1.807) is 0 Å². The minimum absolute atomic E-state index is 0.0468. The van der Waals surface area contributed by atoms with E-state index in [-0.39, 0.29) is 27.8 Å². The maximum atomic E-state index is 13.6. The van der Waals surface area contributed by atoms with E-state index in [1.807, 2.05) is 0 Å². The molecule has 0 saturated carbocycles. The Labute approximate surface area is 186 Å². The zero-order valence-electron chi connectivity index (χ0n) is 17.0. The second-order valence-corrected chi connectivity index (χ2v) is 7.21. The Kier molecular flexibility index (Phi) is 6.95. The highest BCUT2D eigenvalue weighted by atomic mass is 19.2. The normalized spacial score (nSPS) is 11.8. The van der Waals surface area contributed by atoms with Crippen molar-refractivity contribution in [1.29, 1.82) is 0 Å². The van der Waals surface area contributed by atoms with Crippen molar-refractivity contribution in [2.24, 2.45) is 0 Å². The van der Waals surface area contributed by atoms with E-state index in [0.717, 1.165) is 18.2 Å². The Morgan fingerprint density at radius 2 is 1.36 bits per heavy atom. The second-order valence-electron chi connectivity index (χ2n) is 7.21. The maximum Gasteiger partial charge on any atom is 0.336 e. The van der Waals surface area contributed by atoms with Crippen LogP contribution in [-0.2, 0) is 6.42 Å². The van der Waals surface area contributed by atoms with E-state index in [0.29, 0.717) is 5.56 Å². The lowest BCUT2D eigenvalue weighted by Gasteiger charge is -2.13. The lowest BCUT2D eigenvalue weighted by Crippen LogP contribution is -2.14. The summed E-state index contributed by atoms with van der Waals surface area (Å²) >= 11 is 0. The lowest BCUT2D eigenvalue weighted by atomic mass is 9.92. The molecule has 0 aliphatic carbocycles. The van der Waals surface area contributed by atoms with Gasteiger partial charge in [0.1, 0.15) is 6.10 Å². The molecule has 3 aromatic rings. The first-order valence-electron chi connectivity index (χ1n) is 9.63. The van der Waals surface area contributed by atoms with E-state index in [1.165, 1.54) is 36.4 Å². The number of aromatic carboxylic acids is 2. The first kappa shape index (κ1) is 23.7. The van der Waals surface area contributed by atoms with Crippen molar-refractivity contribution in [1.82, 2.24) is 0 Å². The standard InChI is InChI=1S/C24H18F2O7/c25-19-6-3-13(9-20(19)26)12-1-4-16(23(30)31)15(7-12)10-21(28)17-5-2-14(22(29)11-27)8-18(17)24(32)33/h1-9,22,27,29H,10-11H2,(H,30,31)(H,32,33). The number of benzene rings is 3. The van der Waals surface area contributed by atoms with Gasteiger partial charge in [0.25, 0.3) is 0 Å². The van der Waals surface area contributed by atoms with Crippen LogP contribution in [0.15, 0.2) is 54.6 Å².